The van der Waals surface area contributed by atoms with Gasteiger partial charge in [0.2, 0.25) is 0 Å². The fourth-order valence-electron chi connectivity index (χ4n) is 1.77. The van der Waals surface area contributed by atoms with E-state index in [-0.39, 0.29) is 16.8 Å². The molecular formula is C14H17FN2O2. The molecule has 1 aromatic rings. The van der Waals surface area contributed by atoms with Crippen molar-refractivity contribution in [3.05, 3.63) is 40.8 Å². The van der Waals surface area contributed by atoms with Crippen LogP contribution in [0.5, 0.6) is 0 Å². The highest BCUT2D eigenvalue weighted by molar-refractivity contribution is 6.22. The number of methoxy groups -OCH3 is 1. The van der Waals surface area contributed by atoms with Crippen LogP contribution in [0.2, 0.25) is 0 Å². The fourth-order valence-corrected chi connectivity index (χ4v) is 1.77. The van der Waals surface area contributed by atoms with Gasteiger partial charge in [0.1, 0.15) is 5.82 Å². The minimum absolute atomic E-state index is 0.210. The fraction of sp³-hybridized carbons (Fsp3) is 0.286. The van der Waals surface area contributed by atoms with Crippen molar-refractivity contribution in [2.45, 2.75) is 13.8 Å². The number of hydrogen-bond donors (Lipinski definition) is 2. The molecule has 0 atom stereocenters. The van der Waals surface area contributed by atoms with Crippen molar-refractivity contribution in [3.8, 4) is 0 Å². The molecule has 0 amide bonds. The summed E-state index contributed by atoms with van der Waals surface area (Å²) in [5, 5.41) is 10.7. The molecule has 0 aromatic heterocycles. The van der Waals surface area contributed by atoms with Gasteiger partial charge < -0.3 is 15.5 Å². The van der Waals surface area contributed by atoms with E-state index in [0.29, 0.717) is 11.3 Å². The zero-order valence-corrected chi connectivity index (χ0v) is 11.4. The Balaban J connectivity index is 3.47. The average molecular weight is 264 g/mol. The second kappa shape index (κ2) is 6.13. The number of hydrogen-bond acceptors (Lipinski definition) is 4. The smallest absolute Gasteiger partial charge is 0.337 e. The molecule has 0 aliphatic heterocycles. The third-order valence-electron chi connectivity index (χ3n) is 2.78. The van der Waals surface area contributed by atoms with Crippen molar-refractivity contribution in [1.29, 1.82) is 5.41 Å². The Morgan fingerprint density at radius 2 is 2.00 bits per heavy atom. The van der Waals surface area contributed by atoms with Crippen LogP contribution in [-0.2, 0) is 4.74 Å². The lowest BCUT2D eigenvalue weighted by Gasteiger charge is -2.13. The molecule has 0 saturated heterocycles. The quantitative estimate of drug-likeness (QED) is 0.649. The number of esters is 1. The van der Waals surface area contributed by atoms with Gasteiger partial charge in [0.05, 0.1) is 12.7 Å². The first kappa shape index (κ1) is 14.9. The van der Waals surface area contributed by atoms with Crippen molar-refractivity contribution >= 4 is 17.3 Å². The summed E-state index contributed by atoms with van der Waals surface area (Å²) in [6.07, 6.45) is 0. The lowest BCUT2D eigenvalue weighted by Crippen LogP contribution is -2.11. The van der Waals surface area contributed by atoms with Crippen LogP contribution in [0.4, 0.5) is 4.39 Å². The highest BCUT2D eigenvalue weighted by Gasteiger charge is 2.16. The summed E-state index contributed by atoms with van der Waals surface area (Å²) in [5.41, 5.74) is 1.77. The number of nitrogens with one attached hydrogen (secondary N) is 2. The zero-order chi connectivity index (χ0) is 14.6. The number of rotatable bonds is 4. The van der Waals surface area contributed by atoms with Crippen LogP contribution < -0.4 is 5.32 Å². The van der Waals surface area contributed by atoms with E-state index in [1.165, 1.54) is 25.3 Å². The van der Waals surface area contributed by atoms with Gasteiger partial charge in [-0.3, -0.25) is 0 Å². The van der Waals surface area contributed by atoms with Crippen LogP contribution in [-0.4, -0.2) is 25.8 Å². The largest absolute Gasteiger partial charge is 0.465 e. The topological polar surface area (TPSA) is 62.2 Å². The molecule has 0 fully saturated rings. The molecule has 0 heterocycles. The van der Waals surface area contributed by atoms with E-state index in [1.54, 1.807) is 20.9 Å². The molecule has 0 aliphatic rings. The van der Waals surface area contributed by atoms with E-state index in [1.807, 2.05) is 0 Å². The molecule has 0 radical (unpaired) electrons. The molecule has 19 heavy (non-hydrogen) atoms. The van der Waals surface area contributed by atoms with E-state index in [9.17, 15) is 9.18 Å². The number of ether oxygens (including phenoxy) is 1. The lowest BCUT2D eigenvalue weighted by molar-refractivity contribution is 0.0600. The first-order chi connectivity index (χ1) is 8.92. The van der Waals surface area contributed by atoms with Crippen LogP contribution in [0.25, 0.3) is 5.57 Å². The molecule has 4 nitrogen and oxygen atoms in total. The van der Waals surface area contributed by atoms with Crippen LogP contribution in [0.15, 0.2) is 23.9 Å². The normalized spacial score (nSPS) is 11.6. The summed E-state index contributed by atoms with van der Waals surface area (Å²) in [6, 6.07) is 3.96. The SMILES string of the molecule is CN/C(C)=C(\C(C)=N)c1cc(C(=O)OC)ccc1F. The minimum atomic E-state index is -0.537. The second-order valence-electron chi connectivity index (χ2n) is 4.06. The summed E-state index contributed by atoms with van der Waals surface area (Å²) in [4.78, 5) is 11.5. The van der Waals surface area contributed by atoms with E-state index < -0.39 is 11.8 Å². The molecule has 5 heteroatoms. The Kier molecular flexibility index (Phi) is 4.80. The summed E-state index contributed by atoms with van der Waals surface area (Å²) in [7, 11) is 2.96. The minimum Gasteiger partial charge on any atom is -0.465 e. The molecule has 0 unspecified atom stereocenters. The van der Waals surface area contributed by atoms with Gasteiger partial charge in [0.25, 0.3) is 0 Å². The standard InChI is InChI=1S/C14H17FN2O2/c1-8(16)13(9(2)17-3)11-7-10(14(18)19-4)5-6-12(11)15/h5-7,16-17H,1-4H3/b13-9+,16-8?. The molecule has 0 aliphatic carbocycles. The van der Waals surface area contributed by atoms with E-state index in [4.69, 9.17) is 5.41 Å². The highest BCUT2D eigenvalue weighted by Crippen LogP contribution is 2.23. The molecule has 2 N–H and O–H groups in total. The number of halogens is 1. The van der Waals surface area contributed by atoms with Crippen molar-refractivity contribution < 1.29 is 13.9 Å². The molecule has 0 bridgehead atoms. The van der Waals surface area contributed by atoms with Crippen molar-refractivity contribution in [1.82, 2.24) is 5.32 Å². The van der Waals surface area contributed by atoms with Crippen molar-refractivity contribution in [2.75, 3.05) is 14.2 Å². The van der Waals surface area contributed by atoms with Crippen molar-refractivity contribution in [2.24, 2.45) is 0 Å². The van der Waals surface area contributed by atoms with Gasteiger partial charge >= 0.3 is 5.97 Å². The van der Waals surface area contributed by atoms with Crippen LogP contribution in [0.3, 0.4) is 0 Å². The monoisotopic (exact) mass is 264 g/mol. The molecule has 0 saturated carbocycles. The van der Waals surface area contributed by atoms with Gasteiger partial charge in [-0.05, 0) is 32.0 Å². The average Bonchev–Trinajstić information content (AvgIpc) is 2.39. The summed E-state index contributed by atoms with van der Waals surface area (Å²) in [6.45, 7) is 3.32. The van der Waals surface area contributed by atoms with Crippen LogP contribution >= 0.6 is 0 Å². The number of allylic oxidation sites excluding steroid dienone is 2. The third kappa shape index (κ3) is 3.19. The Morgan fingerprint density at radius 1 is 1.37 bits per heavy atom. The van der Waals surface area contributed by atoms with Crippen molar-refractivity contribution in [3.63, 3.8) is 0 Å². The first-order valence-corrected chi connectivity index (χ1v) is 5.74. The summed E-state index contributed by atoms with van der Waals surface area (Å²) >= 11 is 0. The maximum atomic E-state index is 13.9. The van der Waals surface area contributed by atoms with Gasteiger partial charge in [0, 0.05) is 29.6 Å². The lowest BCUT2D eigenvalue weighted by atomic mass is 9.97. The van der Waals surface area contributed by atoms with Gasteiger partial charge in [-0.15, -0.1) is 0 Å². The van der Waals surface area contributed by atoms with Gasteiger partial charge in [-0.25, -0.2) is 9.18 Å². The van der Waals surface area contributed by atoms with Gasteiger partial charge in [-0.2, -0.15) is 0 Å². The first-order valence-electron chi connectivity index (χ1n) is 5.74. The second-order valence-corrected chi connectivity index (χ2v) is 4.06. The molecule has 102 valence electrons. The Morgan fingerprint density at radius 3 is 2.47 bits per heavy atom. The molecule has 1 aromatic carbocycles. The summed E-state index contributed by atoms with van der Waals surface area (Å²) in [5.74, 6) is -1.02. The summed E-state index contributed by atoms with van der Waals surface area (Å²) < 4.78 is 18.5. The number of benzene rings is 1. The van der Waals surface area contributed by atoms with E-state index in [0.717, 1.165) is 0 Å². The predicted octanol–water partition coefficient (Wildman–Crippen LogP) is 2.60. The van der Waals surface area contributed by atoms with E-state index >= 15 is 0 Å². The van der Waals surface area contributed by atoms with Crippen LogP contribution in [0.1, 0.15) is 29.8 Å². The van der Waals surface area contributed by atoms with E-state index in [2.05, 4.69) is 10.1 Å². The van der Waals surface area contributed by atoms with Gasteiger partial charge in [0.15, 0.2) is 0 Å². The maximum Gasteiger partial charge on any atom is 0.337 e. The number of carbonyl (C=O) groups excluding carboxylic acids is 1. The van der Waals surface area contributed by atoms with Gasteiger partial charge in [-0.1, -0.05) is 0 Å². The Bertz CT molecular complexity index is 550. The third-order valence-corrected chi connectivity index (χ3v) is 2.78. The highest BCUT2D eigenvalue weighted by atomic mass is 19.1. The molecular weight excluding hydrogens is 247 g/mol. The predicted molar refractivity (Wildman–Crippen MR) is 72.8 cm³/mol. The molecule has 1 rings (SSSR count). The number of carbonyl (C=O) groups is 1. The maximum absolute atomic E-state index is 13.9. The Labute approximate surface area is 111 Å². The molecule has 0 spiro atoms. The van der Waals surface area contributed by atoms with Crippen LogP contribution in [0, 0.1) is 11.2 Å². The zero-order valence-electron chi connectivity index (χ0n) is 11.4. The Hall–Kier alpha value is -2.17.